The Labute approximate surface area is 119 Å². The predicted octanol–water partition coefficient (Wildman–Crippen LogP) is 3.32. The maximum Gasteiger partial charge on any atom is 0.254 e. The average Bonchev–Trinajstić information content (AvgIpc) is 2.47. The van der Waals surface area contributed by atoms with Crippen molar-refractivity contribution < 1.29 is 9.53 Å². The summed E-state index contributed by atoms with van der Waals surface area (Å²) in [7, 11) is 1.61. The zero-order chi connectivity index (χ0) is 13.7. The third kappa shape index (κ3) is 3.41. The number of halogens is 1. The molecular formula is C15H20ClNO2. The van der Waals surface area contributed by atoms with Gasteiger partial charge in [-0.15, -0.1) is 11.6 Å². The Hall–Kier alpha value is -1.22. The molecule has 1 heterocycles. The molecule has 1 atom stereocenters. The monoisotopic (exact) mass is 281 g/mol. The first kappa shape index (κ1) is 14.2. The van der Waals surface area contributed by atoms with E-state index in [1.165, 1.54) is 6.42 Å². The summed E-state index contributed by atoms with van der Waals surface area (Å²) in [6, 6.07) is 7.63. The molecule has 1 aliphatic rings. The maximum atomic E-state index is 12.6. The third-order valence-corrected chi connectivity index (χ3v) is 3.87. The Morgan fingerprint density at radius 1 is 1.47 bits per heavy atom. The van der Waals surface area contributed by atoms with Crippen LogP contribution in [0.25, 0.3) is 0 Å². The fraction of sp³-hybridized carbons (Fsp3) is 0.533. The van der Waals surface area contributed by atoms with E-state index in [-0.39, 0.29) is 11.9 Å². The van der Waals surface area contributed by atoms with Gasteiger partial charge in [0.15, 0.2) is 0 Å². The lowest BCUT2D eigenvalue weighted by atomic mass is 9.99. The summed E-state index contributed by atoms with van der Waals surface area (Å²) >= 11 is 5.84. The second kappa shape index (κ2) is 6.80. The van der Waals surface area contributed by atoms with Gasteiger partial charge < -0.3 is 9.64 Å². The van der Waals surface area contributed by atoms with Crippen LogP contribution in [0.5, 0.6) is 5.75 Å². The second-order valence-electron chi connectivity index (χ2n) is 4.86. The Morgan fingerprint density at radius 2 is 2.32 bits per heavy atom. The van der Waals surface area contributed by atoms with Crippen molar-refractivity contribution >= 4 is 17.5 Å². The summed E-state index contributed by atoms with van der Waals surface area (Å²) in [6.07, 6.45) is 4.19. The molecule has 0 spiro atoms. The zero-order valence-electron chi connectivity index (χ0n) is 11.3. The van der Waals surface area contributed by atoms with Crippen LogP contribution in [0, 0.1) is 0 Å². The number of benzene rings is 1. The van der Waals surface area contributed by atoms with Gasteiger partial charge in [0.1, 0.15) is 5.75 Å². The predicted molar refractivity (Wildman–Crippen MR) is 77.0 cm³/mol. The van der Waals surface area contributed by atoms with Gasteiger partial charge in [0.05, 0.1) is 7.11 Å². The number of hydrogen-bond acceptors (Lipinski definition) is 2. The maximum absolute atomic E-state index is 12.6. The molecule has 1 aromatic carbocycles. The summed E-state index contributed by atoms with van der Waals surface area (Å²) < 4.78 is 5.17. The topological polar surface area (TPSA) is 29.5 Å². The largest absolute Gasteiger partial charge is 0.497 e. The molecule has 0 saturated carbocycles. The van der Waals surface area contributed by atoms with Gasteiger partial charge in [-0.3, -0.25) is 4.79 Å². The van der Waals surface area contributed by atoms with E-state index >= 15 is 0 Å². The Morgan fingerprint density at radius 3 is 3.05 bits per heavy atom. The number of likely N-dealkylation sites (tertiary alicyclic amines) is 1. The minimum Gasteiger partial charge on any atom is -0.497 e. The highest BCUT2D eigenvalue weighted by molar-refractivity contribution is 6.17. The standard InChI is InChI=1S/C15H20ClNO2/c1-19-14-7-4-5-12(11-14)15(18)17-10-3-2-6-13(17)8-9-16/h4-5,7,11,13H,2-3,6,8-10H2,1H3. The molecule has 104 valence electrons. The lowest BCUT2D eigenvalue weighted by molar-refractivity contribution is 0.0609. The van der Waals surface area contributed by atoms with Crippen LogP contribution in [0.2, 0.25) is 0 Å². The van der Waals surface area contributed by atoms with Crippen molar-refractivity contribution in [3.05, 3.63) is 29.8 Å². The Balaban J connectivity index is 2.16. The van der Waals surface area contributed by atoms with Crippen molar-refractivity contribution in [2.75, 3.05) is 19.5 Å². The lowest BCUT2D eigenvalue weighted by Crippen LogP contribution is -2.43. The van der Waals surface area contributed by atoms with Crippen LogP contribution in [0.1, 0.15) is 36.0 Å². The summed E-state index contributed by atoms with van der Waals surface area (Å²) in [5.41, 5.74) is 0.695. The van der Waals surface area contributed by atoms with E-state index in [4.69, 9.17) is 16.3 Å². The molecule has 0 N–H and O–H groups in total. The molecule has 4 heteroatoms. The van der Waals surface area contributed by atoms with Crippen molar-refractivity contribution in [2.45, 2.75) is 31.7 Å². The number of rotatable bonds is 4. The molecule has 0 aliphatic carbocycles. The smallest absolute Gasteiger partial charge is 0.254 e. The first-order chi connectivity index (χ1) is 9.26. The van der Waals surface area contributed by atoms with Crippen LogP contribution in [0.15, 0.2) is 24.3 Å². The van der Waals surface area contributed by atoms with Crippen molar-refractivity contribution in [2.24, 2.45) is 0 Å². The van der Waals surface area contributed by atoms with Gasteiger partial charge in [-0.2, -0.15) is 0 Å². The van der Waals surface area contributed by atoms with Gasteiger partial charge in [0.25, 0.3) is 5.91 Å². The van der Waals surface area contributed by atoms with Gasteiger partial charge in [0.2, 0.25) is 0 Å². The third-order valence-electron chi connectivity index (χ3n) is 3.65. The minimum absolute atomic E-state index is 0.0914. The van der Waals surface area contributed by atoms with Gasteiger partial charge in [-0.05, 0) is 43.9 Å². The van der Waals surface area contributed by atoms with Crippen LogP contribution >= 0.6 is 11.6 Å². The number of nitrogens with zero attached hydrogens (tertiary/aromatic N) is 1. The number of hydrogen-bond donors (Lipinski definition) is 0. The quantitative estimate of drug-likeness (QED) is 0.793. The van der Waals surface area contributed by atoms with Gasteiger partial charge in [-0.25, -0.2) is 0 Å². The molecule has 0 radical (unpaired) electrons. The van der Waals surface area contributed by atoms with Crippen molar-refractivity contribution in [3.63, 3.8) is 0 Å². The van der Waals surface area contributed by atoms with Crippen LogP contribution in [-0.2, 0) is 0 Å². The molecule has 0 bridgehead atoms. The highest BCUT2D eigenvalue weighted by Crippen LogP contribution is 2.23. The van der Waals surface area contributed by atoms with Crippen molar-refractivity contribution in [1.29, 1.82) is 0 Å². The molecule has 1 amide bonds. The molecule has 2 rings (SSSR count). The first-order valence-corrected chi connectivity index (χ1v) is 7.30. The van der Waals surface area contributed by atoms with Gasteiger partial charge in [-0.1, -0.05) is 6.07 Å². The number of methoxy groups -OCH3 is 1. The molecule has 1 aromatic rings. The van der Waals surface area contributed by atoms with Crippen LogP contribution in [0.3, 0.4) is 0 Å². The molecule has 0 aromatic heterocycles. The summed E-state index contributed by atoms with van der Waals surface area (Å²) in [5.74, 6) is 1.41. The van der Waals surface area contributed by atoms with Gasteiger partial charge >= 0.3 is 0 Å². The Bertz CT molecular complexity index is 434. The summed E-state index contributed by atoms with van der Waals surface area (Å²) in [5, 5.41) is 0. The highest BCUT2D eigenvalue weighted by atomic mass is 35.5. The molecule has 1 fully saturated rings. The Kier molecular flexibility index (Phi) is 5.08. The van der Waals surface area contributed by atoms with E-state index in [0.29, 0.717) is 11.4 Å². The number of piperidine rings is 1. The fourth-order valence-corrected chi connectivity index (χ4v) is 2.87. The van der Waals surface area contributed by atoms with Crippen LogP contribution in [-0.4, -0.2) is 36.4 Å². The molecule has 1 unspecified atom stereocenters. The second-order valence-corrected chi connectivity index (χ2v) is 5.24. The fourth-order valence-electron chi connectivity index (χ4n) is 2.62. The van der Waals surface area contributed by atoms with E-state index in [2.05, 4.69) is 0 Å². The molecule has 3 nitrogen and oxygen atoms in total. The van der Waals surface area contributed by atoms with E-state index in [9.17, 15) is 4.79 Å². The van der Waals surface area contributed by atoms with Crippen molar-refractivity contribution in [1.82, 2.24) is 4.90 Å². The zero-order valence-corrected chi connectivity index (χ0v) is 12.0. The van der Waals surface area contributed by atoms with Crippen LogP contribution in [0.4, 0.5) is 0 Å². The number of ether oxygens (including phenoxy) is 1. The molecule has 1 aliphatic heterocycles. The minimum atomic E-state index is 0.0914. The average molecular weight is 282 g/mol. The first-order valence-electron chi connectivity index (χ1n) is 6.77. The van der Waals surface area contributed by atoms with E-state index in [0.717, 1.165) is 31.6 Å². The molecule has 19 heavy (non-hydrogen) atoms. The number of carbonyl (C=O) groups excluding carboxylic acids is 1. The van der Waals surface area contributed by atoms with Gasteiger partial charge in [0, 0.05) is 24.0 Å². The molecular weight excluding hydrogens is 262 g/mol. The number of amides is 1. The van der Waals surface area contributed by atoms with Crippen molar-refractivity contribution in [3.8, 4) is 5.75 Å². The summed E-state index contributed by atoms with van der Waals surface area (Å²) in [6.45, 7) is 0.831. The highest BCUT2D eigenvalue weighted by Gasteiger charge is 2.27. The normalized spacial score (nSPS) is 19.3. The van der Waals surface area contributed by atoms with E-state index in [1.807, 2.05) is 23.1 Å². The van der Waals surface area contributed by atoms with Crippen LogP contribution < -0.4 is 4.74 Å². The summed E-state index contributed by atoms with van der Waals surface area (Å²) in [4.78, 5) is 14.6. The van der Waals surface area contributed by atoms with E-state index < -0.39 is 0 Å². The number of alkyl halides is 1. The number of carbonyl (C=O) groups is 1. The van der Waals surface area contributed by atoms with E-state index in [1.54, 1.807) is 13.2 Å². The SMILES string of the molecule is COc1cccc(C(=O)N2CCCCC2CCCl)c1. The molecule has 1 saturated heterocycles. The lowest BCUT2D eigenvalue weighted by Gasteiger charge is -2.35.